The van der Waals surface area contributed by atoms with Crippen LogP contribution in [0.2, 0.25) is 0 Å². The number of rotatable bonds is 4. The first-order valence-corrected chi connectivity index (χ1v) is 6.46. The molecule has 0 amide bonds. The highest BCUT2D eigenvalue weighted by atomic mass is 16.5. The molecule has 1 aromatic carbocycles. The van der Waals surface area contributed by atoms with Crippen molar-refractivity contribution in [2.45, 2.75) is 25.9 Å². The topological polar surface area (TPSA) is 39.2 Å². The van der Waals surface area contributed by atoms with Gasteiger partial charge in [-0.2, -0.15) is 0 Å². The molecular weight excluding hydrogens is 238 g/mol. The van der Waals surface area contributed by atoms with E-state index in [1.807, 2.05) is 25.1 Å². The van der Waals surface area contributed by atoms with Crippen molar-refractivity contribution in [2.24, 2.45) is 0 Å². The Morgan fingerprint density at radius 1 is 1.26 bits per heavy atom. The van der Waals surface area contributed by atoms with Crippen LogP contribution in [0.1, 0.15) is 34.5 Å². The molecule has 0 radical (unpaired) electrons. The predicted molar refractivity (Wildman–Crippen MR) is 72.5 cm³/mol. The summed E-state index contributed by atoms with van der Waals surface area (Å²) in [4.78, 5) is 16.5. The maximum absolute atomic E-state index is 12.3. The molecule has 1 heterocycles. The molecule has 1 saturated carbocycles. The van der Waals surface area contributed by atoms with Crippen LogP contribution >= 0.6 is 0 Å². The SMILES string of the molecule is Cc1ccnc(C(=O)c2cccc(OC3CC3)c2)c1. The van der Waals surface area contributed by atoms with Gasteiger partial charge < -0.3 is 4.74 Å². The summed E-state index contributed by atoms with van der Waals surface area (Å²) in [6, 6.07) is 11.0. The van der Waals surface area contributed by atoms with Crippen molar-refractivity contribution in [1.82, 2.24) is 4.98 Å². The maximum atomic E-state index is 12.3. The summed E-state index contributed by atoms with van der Waals surface area (Å²) in [5.41, 5.74) is 2.13. The van der Waals surface area contributed by atoms with Crippen molar-refractivity contribution in [3.05, 3.63) is 59.4 Å². The molecule has 0 aliphatic heterocycles. The average molecular weight is 253 g/mol. The Hall–Kier alpha value is -2.16. The fourth-order valence-corrected chi connectivity index (χ4v) is 1.90. The number of ether oxygens (including phenoxy) is 1. The number of aryl methyl sites for hydroxylation is 1. The van der Waals surface area contributed by atoms with Crippen molar-refractivity contribution in [3.8, 4) is 5.75 Å². The lowest BCUT2D eigenvalue weighted by Gasteiger charge is -2.06. The Bertz CT molecular complexity index is 618. The molecule has 1 aliphatic rings. The molecular formula is C16H15NO2. The molecule has 3 nitrogen and oxygen atoms in total. The second-order valence-corrected chi connectivity index (χ2v) is 4.89. The molecule has 0 atom stereocenters. The molecule has 3 rings (SSSR count). The smallest absolute Gasteiger partial charge is 0.211 e. The third kappa shape index (κ3) is 2.81. The molecule has 1 aromatic heterocycles. The van der Waals surface area contributed by atoms with Crippen molar-refractivity contribution < 1.29 is 9.53 Å². The molecule has 3 heteroatoms. The van der Waals surface area contributed by atoms with Gasteiger partial charge in [0.05, 0.1) is 6.10 Å². The van der Waals surface area contributed by atoms with Gasteiger partial charge in [-0.3, -0.25) is 9.78 Å². The van der Waals surface area contributed by atoms with Gasteiger partial charge in [0.2, 0.25) is 5.78 Å². The van der Waals surface area contributed by atoms with Crippen molar-refractivity contribution in [2.75, 3.05) is 0 Å². The van der Waals surface area contributed by atoms with Crippen LogP contribution in [0.5, 0.6) is 5.75 Å². The molecule has 0 saturated heterocycles. The highest BCUT2D eigenvalue weighted by Gasteiger charge is 2.23. The van der Waals surface area contributed by atoms with E-state index in [1.54, 1.807) is 24.4 Å². The lowest BCUT2D eigenvalue weighted by atomic mass is 10.1. The number of aromatic nitrogens is 1. The molecule has 0 N–H and O–H groups in total. The van der Waals surface area contributed by atoms with Crippen LogP contribution in [-0.2, 0) is 0 Å². The van der Waals surface area contributed by atoms with E-state index < -0.39 is 0 Å². The summed E-state index contributed by atoms with van der Waals surface area (Å²) in [5, 5.41) is 0. The summed E-state index contributed by atoms with van der Waals surface area (Å²) >= 11 is 0. The van der Waals surface area contributed by atoms with Gasteiger partial charge in [0.25, 0.3) is 0 Å². The molecule has 19 heavy (non-hydrogen) atoms. The van der Waals surface area contributed by atoms with Gasteiger partial charge in [0, 0.05) is 11.8 Å². The van der Waals surface area contributed by atoms with Gasteiger partial charge in [-0.1, -0.05) is 12.1 Å². The lowest BCUT2D eigenvalue weighted by molar-refractivity contribution is 0.103. The number of benzene rings is 1. The molecule has 0 unspecified atom stereocenters. The van der Waals surface area contributed by atoms with Gasteiger partial charge in [-0.15, -0.1) is 0 Å². The standard InChI is InChI=1S/C16H15NO2/c1-11-7-8-17-15(9-11)16(18)12-3-2-4-14(10-12)19-13-5-6-13/h2-4,7-10,13H,5-6H2,1H3. The van der Waals surface area contributed by atoms with Crippen LogP contribution in [-0.4, -0.2) is 16.9 Å². The predicted octanol–water partition coefficient (Wildman–Crippen LogP) is 3.16. The Balaban J connectivity index is 1.86. The highest BCUT2D eigenvalue weighted by molar-refractivity contribution is 6.07. The van der Waals surface area contributed by atoms with E-state index in [4.69, 9.17) is 4.74 Å². The van der Waals surface area contributed by atoms with Gasteiger partial charge >= 0.3 is 0 Å². The number of hydrogen-bond acceptors (Lipinski definition) is 3. The van der Waals surface area contributed by atoms with Crippen molar-refractivity contribution >= 4 is 5.78 Å². The molecule has 1 aliphatic carbocycles. The summed E-state index contributed by atoms with van der Waals surface area (Å²) < 4.78 is 5.70. The van der Waals surface area contributed by atoms with Gasteiger partial charge in [-0.05, 0) is 49.6 Å². The third-order valence-electron chi connectivity index (χ3n) is 3.07. The van der Waals surface area contributed by atoms with Crippen LogP contribution in [0.25, 0.3) is 0 Å². The van der Waals surface area contributed by atoms with E-state index in [-0.39, 0.29) is 5.78 Å². The number of ketones is 1. The Morgan fingerprint density at radius 2 is 2.11 bits per heavy atom. The number of carbonyl (C=O) groups is 1. The van der Waals surface area contributed by atoms with Crippen LogP contribution in [0, 0.1) is 6.92 Å². The van der Waals surface area contributed by atoms with Crippen molar-refractivity contribution in [1.29, 1.82) is 0 Å². The molecule has 2 aromatic rings. The van der Waals surface area contributed by atoms with E-state index in [2.05, 4.69) is 4.98 Å². The third-order valence-corrected chi connectivity index (χ3v) is 3.07. The van der Waals surface area contributed by atoms with Crippen LogP contribution < -0.4 is 4.74 Å². The Labute approximate surface area is 112 Å². The van der Waals surface area contributed by atoms with E-state index in [0.717, 1.165) is 24.2 Å². The monoisotopic (exact) mass is 253 g/mol. The summed E-state index contributed by atoms with van der Waals surface area (Å²) in [6.07, 6.45) is 4.21. The summed E-state index contributed by atoms with van der Waals surface area (Å²) in [7, 11) is 0. The molecule has 96 valence electrons. The minimum absolute atomic E-state index is 0.0649. The number of hydrogen-bond donors (Lipinski definition) is 0. The fourth-order valence-electron chi connectivity index (χ4n) is 1.90. The van der Waals surface area contributed by atoms with Crippen molar-refractivity contribution in [3.63, 3.8) is 0 Å². The first-order chi connectivity index (χ1) is 9.22. The molecule has 0 bridgehead atoms. The Morgan fingerprint density at radius 3 is 2.84 bits per heavy atom. The van der Waals surface area contributed by atoms with E-state index in [1.165, 1.54) is 0 Å². The molecule has 1 fully saturated rings. The number of pyridine rings is 1. The normalized spacial score (nSPS) is 14.2. The van der Waals surface area contributed by atoms with Gasteiger partial charge in [0.1, 0.15) is 11.4 Å². The van der Waals surface area contributed by atoms with Crippen LogP contribution in [0.4, 0.5) is 0 Å². The second-order valence-electron chi connectivity index (χ2n) is 4.89. The minimum atomic E-state index is -0.0649. The first-order valence-electron chi connectivity index (χ1n) is 6.46. The fraction of sp³-hybridized carbons (Fsp3) is 0.250. The Kier molecular flexibility index (Phi) is 3.03. The maximum Gasteiger partial charge on any atom is 0.211 e. The largest absolute Gasteiger partial charge is 0.490 e. The zero-order chi connectivity index (χ0) is 13.2. The zero-order valence-electron chi connectivity index (χ0n) is 10.8. The van der Waals surface area contributed by atoms with E-state index in [0.29, 0.717) is 17.4 Å². The first kappa shape index (κ1) is 11.9. The lowest BCUT2D eigenvalue weighted by Crippen LogP contribution is -2.05. The number of nitrogens with zero attached hydrogens (tertiary/aromatic N) is 1. The quantitative estimate of drug-likeness (QED) is 0.786. The van der Waals surface area contributed by atoms with Gasteiger partial charge in [0.15, 0.2) is 0 Å². The van der Waals surface area contributed by atoms with E-state index >= 15 is 0 Å². The average Bonchev–Trinajstić information content (AvgIpc) is 3.22. The molecule has 0 spiro atoms. The van der Waals surface area contributed by atoms with Crippen LogP contribution in [0.3, 0.4) is 0 Å². The second kappa shape index (κ2) is 4.84. The van der Waals surface area contributed by atoms with Gasteiger partial charge in [-0.25, -0.2) is 0 Å². The highest BCUT2D eigenvalue weighted by Crippen LogP contribution is 2.27. The minimum Gasteiger partial charge on any atom is -0.490 e. The zero-order valence-corrected chi connectivity index (χ0v) is 10.8. The number of carbonyl (C=O) groups excluding carboxylic acids is 1. The van der Waals surface area contributed by atoms with Crippen LogP contribution in [0.15, 0.2) is 42.6 Å². The van der Waals surface area contributed by atoms with E-state index in [9.17, 15) is 4.79 Å². The summed E-state index contributed by atoms with van der Waals surface area (Å²) in [5.74, 6) is 0.700. The summed E-state index contributed by atoms with van der Waals surface area (Å²) in [6.45, 7) is 1.95.